The number of amides is 1. The van der Waals surface area contributed by atoms with E-state index in [0.717, 1.165) is 45.1 Å². The Labute approximate surface area is 160 Å². The van der Waals surface area contributed by atoms with Crippen LogP contribution in [-0.4, -0.2) is 34.0 Å². The highest BCUT2D eigenvalue weighted by Crippen LogP contribution is 2.28. The van der Waals surface area contributed by atoms with E-state index in [2.05, 4.69) is 28.5 Å². The molecule has 0 unspecified atom stereocenters. The monoisotopic (exact) mass is 388 g/mol. The van der Waals surface area contributed by atoms with Crippen LogP contribution in [0.15, 0.2) is 29.3 Å². The normalized spacial score (nSPS) is 10.9. The Bertz CT molecular complexity index is 927. The molecule has 0 atom stereocenters. The molecular weight excluding hydrogens is 368 g/mol. The number of methoxy groups -OCH3 is 1. The number of benzene rings is 1. The molecule has 3 rings (SSSR count). The quantitative estimate of drug-likeness (QED) is 0.618. The van der Waals surface area contributed by atoms with Crippen LogP contribution in [0, 0.1) is 0 Å². The number of aromatic nitrogens is 3. The lowest BCUT2D eigenvalue weighted by Crippen LogP contribution is -2.14. The minimum atomic E-state index is -0.108. The van der Waals surface area contributed by atoms with Gasteiger partial charge in [0.05, 0.1) is 18.4 Å². The second-order valence-corrected chi connectivity index (χ2v) is 7.58. The standard InChI is InChI=1S/C18H20N4O2S2/c1-4-11-8-12-6-7-13(24-3)9-14(12)19-17(11)25-10-15(23)20-18-22-21-16(5-2)26-18/h6-9H,4-5,10H2,1-3H3,(H,20,22,23). The first kappa shape index (κ1) is 18.6. The molecule has 0 bridgehead atoms. The number of hydrogen-bond donors (Lipinski definition) is 1. The number of thioether (sulfide) groups is 1. The van der Waals surface area contributed by atoms with Crippen molar-refractivity contribution in [2.24, 2.45) is 0 Å². The smallest absolute Gasteiger partial charge is 0.236 e. The molecule has 1 aromatic carbocycles. The van der Waals surface area contributed by atoms with Crippen molar-refractivity contribution in [3.8, 4) is 5.75 Å². The molecule has 3 aromatic rings. The molecule has 136 valence electrons. The molecule has 2 heterocycles. The molecule has 2 aromatic heterocycles. The van der Waals surface area contributed by atoms with Crippen LogP contribution in [0.25, 0.3) is 10.9 Å². The maximum atomic E-state index is 12.2. The molecule has 0 spiro atoms. The molecule has 0 aliphatic rings. The molecule has 8 heteroatoms. The summed E-state index contributed by atoms with van der Waals surface area (Å²) in [4.78, 5) is 16.9. The van der Waals surface area contributed by atoms with Gasteiger partial charge < -0.3 is 4.74 Å². The van der Waals surface area contributed by atoms with Crippen molar-refractivity contribution in [1.29, 1.82) is 0 Å². The summed E-state index contributed by atoms with van der Waals surface area (Å²) in [5, 5.41) is 14.2. The number of rotatable bonds is 7. The van der Waals surface area contributed by atoms with Crippen molar-refractivity contribution in [3.63, 3.8) is 0 Å². The first-order valence-electron chi connectivity index (χ1n) is 8.35. The van der Waals surface area contributed by atoms with Crippen molar-refractivity contribution >= 4 is 45.0 Å². The van der Waals surface area contributed by atoms with Gasteiger partial charge in [-0.15, -0.1) is 10.2 Å². The zero-order chi connectivity index (χ0) is 18.5. The lowest BCUT2D eigenvalue weighted by Gasteiger charge is -2.09. The maximum absolute atomic E-state index is 12.2. The largest absolute Gasteiger partial charge is 0.497 e. The van der Waals surface area contributed by atoms with Gasteiger partial charge in [-0.25, -0.2) is 4.98 Å². The first-order valence-corrected chi connectivity index (χ1v) is 10.2. The fourth-order valence-corrected chi connectivity index (χ4v) is 4.00. The third kappa shape index (κ3) is 4.31. The Kier molecular flexibility index (Phi) is 6.05. The van der Waals surface area contributed by atoms with E-state index in [4.69, 9.17) is 9.72 Å². The number of hydrogen-bond acceptors (Lipinski definition) is 7. The topological polar surface area (TPSA) is 77.0 Å². The predicted octanol–water partition coefficient (Wildman–Crippen LogP) is 3.95. The average Bonchev–Trinajstić information content (AvgIpc) is 3.12. The summed E-state index contributed by atoms with van der Waals surface area (Å²) in [7, 11) is 1.64. The van der Waals surface area contributed by atoms with E-state index >= 15 is 0 Å². The van der Waals surface area contributed by atoms with E-state index in [1.807, 2.05) is 25.1 Å². The van der Waals surface area contributed by atoms with Crippen molar-refractivity contribution in [1.82, 2.24) is 15.2 Å². The van der Waals surface area contributed by atoms with Crippen LogP contribution in [0.2, 0.25) is 0 Å². The average molecular weight is 389 g/mol. The van der Waals surface area contributed by atoms with E-state index in [-0.39, 0.29) is 11.7 Å². The van der Waals surface area contributed by atoms with Crippen LogP contribution < -0.4 is 10.1 Å². The summed E-state index contributed by atoms with van der Waals surface area (Å²) in [5.74, 6) is 0.936. The van der Waals surface area contributed by atoms with Gasteiger partial charge in [0.2, 0.25) is 11.0 Å². The number of carbonyl (C=O) groups excluding carboxylic acids is 1. The Hall–Kier alpha value is -2.19. The minimum absolute atomic E-state index is 0.108. The Morgan fingerprint density at radius 2 is 2.08 bits per heavy atom. The van der Waals surface area contributed by atoms with Crippen molar-refractivity contribution in [2.45, 2.75) is 31.7 Å². The van der Waals surface area contributed by atoms with Crippen molar-refractivity contribution in [2.75, 3.05) is 18.2 Å². The van der Waals surface area contributed by atoms with Crippen molar-refractivity contribution in [3.05, 3.63) is 34.8 Å². The van der Waals surface area contributed by atoms with Gasteiger partial charge in [0, 0.05) is 11.5 Å². The number of nitrogens with one attached hydrogen (secondary N) is 1. The zero-order valence-corrected chi connectivity index (χ0v) is 16.5. The highest BCUT2D eigenvalue weighted by atomic mass is 32.2. The van der Waals surface area contributed by atoms with Crippen molar-refractivity contribution < 1.29 is 9.53 Å². The Morgan fingerprint density at radius 3 is 2.77 bits per heavy atom. The molecule has 1 N–H and O–H groups in total. The molecule has 0 aliphatic heterocycles. The van der Waals surface area contributed by atoms with E-state index in [1.54, 1.807) is 7.11 Å². The number of nitrogens with zero attached hydrogens (tertiary/aromatic N) is 3. The number of carbonyl (C=O) groups is 1. The van der Waals surface area contributed by atoms with Gasteiger partial charge >= 0.3 is 0 Å². The Balaban J connectivity index is 1.73. The summed E-state index contributed by atoms with van der Waals surface area (Å²) in [5.41, 5.74) is 1.99. The lowest BCUT2D eigenvalue weighted by molar-refractivity contribution is -0.113. The van der Waals surface area contributed by atoms with Crippen LogP contribution >= 0.6 is 23.1 Å². The number of ether oxygens (including phenoxy) is 1. The van der Waals surface area contributed by atoms with E-state index in [9.17, 15) is 4.79 Å². The highest BCUT2D eigenvalue weighted by molar-refractivity contribution is 8.00. The van der Waals surface area contributed by atoms with E-state index < -0.39 is 0 Å². The number of fused-ring (bicyclic) bond motifs is 1. The molecular formula is C18H20N4O2S2. The molecule has 0 fully saturated rings. The lowest BCUT2D eigenvalue weighted by atomic mass is 10.1. The molecule has 0 aliphatic carbocycles. The third-order valence-electron chi connectivity index (χ3n) is 3.80. The SMILES string of the molecule is CCc1nnc(NC(=O)CSc2nc3cc(OC)ccc3cc2CC)s1. The van der Waals surface area contributed by atoms with Gasteiger partial charge in [0.25, 0.3) is 0 Å². The molecule has 0 saturated heterocycles. The second kappa shape index (κ2) is 8.46. The molecule has 6 nitrogen and oxygen atoms in total. The first-order chi connectivity index (χ1) is 12.6. The van der Waals surface area contributed by atoms with Gasteiger partial charge in [-0.1, -0.05) is 36.9 Å². The summed E-state index contributed by atoms with van der Waals surface area (Å²) in [6.07, 6.45) is 1.67. The fourth-order valence-electron chi connectivity index (χ4n) is 2.41. The number of anilines is 1. The summed E-state index contributed by atoms with van der Waals surface area (Å²) < 4.78 is 5.27. The summed E-state index contributed by atoms with van der Waals surface area (Å²) in [6, 6.07) is 7.96. The van der Waals surface area contributed by atoms with Gasteiger partial charge in [-0.2, -0.15) is 0 Å². The second-order valence-electron chi connectivity index (χ2n) is 5.56. The Morgan fingerprint density at radius 1 is 1.23 bits per heavy atom. The predicted molar refractivity (Wildman–Crippen MR) is 106 cm³/mol. The maximum Gasteiger partial charge on any atom is 0.236 e. The molecule has 26 heavy (non-hydrogen) atoms. The zero-order valence-electron chi connectivity index (χ0n) is 14.9. The van der Waals surface area contributed by atoms with E-state index in [1.165, 1.54) is 23.1 Å². The van der Waals surface area contributed by atoms with Gasteiger partial charge in [-0.3, -0.25) is 10.1 Å². The van der Waals surface area contributed by atoms with E-state index in [0.29, 0.717) is 5.13 Å². The third-order valence-corrected chi connectivity index (χ3v) is 5.82. The van der Waals surface area contributed by atoms with Gasteiger partial charge in [0.15, 0.2) is 0 Å². The van der Waals surface area contributed by atoms with Crippen LogP contribution in [0.4, 0.5) is 5.13 Å². The highest BCUT2D eigenvalue weighted by Gasteiger charge is 2.12. The van der Waals surface area contributed by atoms with Crippen LogP contribution in [0.3, 0.4) is 0 Å². The number of aryl methyl sites for hydroxylation is 2. The number of pyridine rings is 1. The minimum Gasteiger partial charge on any atom is -0.497 e. The van der Waals surface area contributed by atoms with Crippen LogP contribution in [0.5, 0.6) is 5.75 Å². The summed E-state index contributed by atoms with van der Waals surface area (Å²) in [6.45, 7) is 4.10. The van der Waals surface area contributed by atoms with Gasteiger partial charge in [-0.05, 0) is 36.6 Å². The van der Waals surface area contributed by atoms with Crippen LogP contribution in [-0.2, 0) is 17.6 Å². The summed E-state index contributed by atoms with van der Waals surface area (Å²) >= 11 is 2.84. The fraction of sp³-hybridized carbons (Fsp3) is 0.333. The van der Waals surface area contributed by atoms with Gasteiger partial charge in [0.1, 0.15) is 15.8 Å². The molecule has 1 amide bonds. The van der Waals surface area contributed by atoms with Crippen LogP contribution in [0.1, 0.15) is 24.4 Å². The molecule has 0 saturated carbocycles. The molecule has 0 radical (unpaired) electrons.